The van der Waals surface area contributed by atoms with E-state index in [-0.39, 0.29) is 29.7 Å². The molecule has 1 aromatic rings. The van der Waals surface area contributed by atoms with Crippen molar-refractivity contribution >= 4 is 17.7 Å². The van der Waals surface area contributed by atoms with Crippen LogP contribution in [0, 0.1) is 5.41 Å². The first-order valence-corrected chi connectivity index (χ1v) is 10.8. The average molecular weight is 399 g/mol. The molecular formula is C22H30N4O3. The van der Waals surface area contributed by atoms with E-state index < -0.39 is 0 Å². The molecule has 7 heteroatoms. The summed E-state index contributed by atoms with van der Waals surface area (Å²) in [6, 6.07) is 3.91. The molecule has 0 radical (unpaired) electrons. The second-order valence-electron chi connectivity index (χ2n) is 8.76. The Morgan fingerprint density at radius 2 is 1.66 bits per heavy atom. The molecule has 1 spiro atoms. The van der Waals surface area contributed by atoms with Crippen molar-refractivity contribution in [2.24, 2.45) is 5.41 Å². The fourth-order valence-electron chi connectivity index (χ4n) is 4.89. The Labute approximate surface area is 172 Å². The van der Waals surface area contributed by atoms with Gasteiger partial charge in [0, 0.05) is 58.0 Å². The Kier molecular flexibility index (Phi) is 5.83. The van der Waals surface area contributed by atoms with E-state index >= 15 is 0 Å². The minimum Gasteiger partial charge on any atom is -0.341 e. The van der Waals surface area contributed by atoms with Crippen LogP contribution in [0.15, 0.2) is 24.5 Å². The number of carbonyl (C=O) groups is 3. The third-order valence-corrected chi connectivity index (χ3v) is 6.80. The van der Waals surface area contributed by atoms with Crippen molar-refractivity contribution in [3.8, 4) is 0 Å². The molecule has 7 nitrogen and oxygen atoms in total. The zero-order valence-corrected chi connectivity index (χ0v) is 17.0. The van der Waals surface area contributed by atoms with Crippen LogP contribution in [-0.4, -0.2) is 70.1 Å². The van der Waals surface area contributed by atoms with Crippen molar-refractivity contribution in [1.29, 1.82) is 0 Å². The number of piperidine rings is 3. The number of nitrogens with zero attached hydrogens (tertiary/aromatic N) is 4. The van der Waals surface area contributed by atoms with Gasteiger partial charge in [-0.05, 0) is 55.2 Å². The van der Waals surface area contributed by atoms with Gasteiger partial charge in [-0.25, -0.2) is 0 Å². The highest BCUT2D eigenvalue weighted by Crippen LogP contribution is 2.40. The van der Waals surface area contributed by atoms with Crippen LogP contribution in [0.4, 0.5) is 0 Å². The molecule has 29 heavy (non-hydrogen) atoms. The first kappa shape index (κ1) is 19.9. The molecule has 0 aromatic carbocycles. The van der Waals surface area contributed by atoms with Crippen molar-refractivity contribution in [2.75, 3.05) is 32.7 Å². The minimum atomic E-state index is 0.0654. The number of amides is 3. The quantitative estimate of drug-likeness (QED) is 0.776. The Hall–Kier alpha value is -2.44. The normalized spacial score (nSPS) is 22.3. The van der Waals surface area contributed by atoms with Crippen LogP contribution in [-0.2, 0) is 20.9 Å². The lowest BCUT2D eigenvalue weighted by Gasteiger charge is -2.47. The maximum Gasteiger partial charge on any atom is 0.242 e. The topological polar surface area (TPSA) is 73.8 Å². The molecule has 0 aliphatic carbocycles. The largest absolute Gasteiger partial charge is 0.341 e. The predicted molar refractivity (Wildman–Crippen MR) is 108 cm³/mol. The lowest BCUT2D eigenvalue weighted by molar-refractivity contribution is -0.146. The average Bonchev–Trinajstić information content (AvgIpc) is 2.74. The molecule has 3 fully saturated rings. The standard InChI is InChI=1S/C22H30N4O3/c27-19-3-1-2-12-25(19)16-21(29)24-13-8-22(9-14-24)7-4-20(28)26(17-22)15-18-5-10-23-11-6-18/h5-6,10-11H,1-4,7-9,12-17H2. The lowest BCUT2D eigenvalue weighted by atomic mass is 9.72. The second-order valence-corrected chi connectivity index (χ2v) is 8.76. The third-order valence-electron chi connectivity index (χ3n) is 6.80. The fraction of sp³-hybridized carbons (Fsp3) is 0.636. The summed E-state index contributed by atoms with van der Waals surface area (Å²) in [5.74, 6) is 0.390. The van der Waals surface area contributed by atoms with Crippen molar-refractivity contribution in [2.45, 2.75) is 51.5 Å². The molecule has 0 N–H and O–H groups in total. The summed E-state index contributed by atoms with van der Waals surface area (Å²) in [5.41, 5.74) is 1.21. The van der Waals surface area contributed by atoms with Crippen LogP contribution in [0.25, 0.3) is 0 Å². The van der Waals surface area contributed by atoms with E-state index in [2.05, 4.69) is 4.98 Å². The summed E-state index contributed by atoms with van der Waals surface area (Å²) in [4.78, 5) is 46.8. The number of likely N-dealkylation sites (tertiary alicyclic amines) is 3. The molecule has 3 amide bonds. The van der Waals surface area contributed by atoms with Crippen LogP contribution < -0.4 is 0 Å². The maximum absolute atomic E-state index is 12.7. The van der Waals surface area contributed by atoms with Crippen LogP contribution in [0.3, 0.4) is 0 Å². The van der Waals surface area contributed by atoms with Crippen molar-refractivity contribution in [3.63, 3.8) is 0 Å². The van der Waals surface area contributed by atoms with Gasteiger partial charge < -0.3 is 14.7 Å². The van der Waals surface area contributed by atoms with Gasteiger partial charge in [-0.3, -0.25) is 19.4 Å². The van der Waals surface area contributed by atoms with Gasteiger partial charge in [-0.2, -0.15) is 0 Å². The second kappa shape index (κ2) is 8.51. The molecule has 3 aliphatic rings. The highest BCUT2D eigenvalue weighted by atomic mass is 16.2. The van der Waals surface area contributed by atoms with Gasteiger partial charge in [0.15, 0.2) is 0 Å². The zero-order chi connectivity index (χ0) is 20.3. The Balaban J connectivity index is 1.32. The molecular weight excluding hydrogens is 368 g/mol. The molecule has 4 rings (SSSR count). The molecule has 0 saturated carbocycles. The van der Waals surface area contributed by atoms with Crippen molar-refractivity contribution < 1.29 is 14.4 Å². The molecule has 156 valence electrons. The fourth-order valence-corrected chi connectivity index (χ4v) is 4.89. The molecule has 0 bridgehead atoms. The summed E-state index contributed by atoms with van der Waals surface area (Å²) < 4.78 is 0. The number of carbonyl (C=O) groups excluding carboxylic acids is 3. The van der Waals surface area contributed by atoms with E-state index in [4.69, 9.17) is 0 Å². The maximum atomic E-state index is 12.7. The van der Waals surface area contributed by atoms with E-state index in [9.17, 15) is 14.4 Å². The predicted octanol–water partition coefficient (Wildman–Crippen LogP) is 1.83. The summed E-state index contributed by atoms with van der Waals surface area (Å²) in [6.07, 6.45) is 9.35. The SMILES string of the molecule is O=C(CN1CCCCC1=O)N1CCC2(CCC(=O)N(Cc3ccncc3)C2)CC1. The molecule has 4 heterocycles. The highest BCUT2D eigenvalue weighted by Gasteiger charge is 2.41. The van der Waals surface area contributed by atoms with Crippen LogP contribution in [0.1, 0.15) is 50.5 Å². The van der Waals surface area contributed by atoms with Gasteiger partial charge in [0.1, 0.15) is 0 Å². The van der Waals surface area contributed by atoms with Crippen molar-refractivity contribution in [1.82, 2.24) is 19.7 Å². The Morgan fingerprint density at radius 1 is 0.931 bits per heavy atom. The molecule has 3 aliphatic heterocycles. The van der Waals surface area contributed by atoms with Crippen molar-refractivity contribution in [3.05, 3.63) is 30.1 Å². The first-order valence-electron chi connectivity index (χ1n) is 10.8. The summed E-state index contributed by atoms with van der Waals surface area (Å²) in [6.45, 7) is 3.76. The van der Waals surface area contributed by atoms with Gasteiger partial charge in [-0.1, -0.05) is 0 Å². The molecule has 1 aromatic heterocycles. The third kappa shape index (κ3) is 4.60. The molecule has 3 saturated heterocycles. The van der Waals surface area contributed by atoms with Gasteiger partial charge in [0.2, 0.25) is 17.7 Å². The van der Waals surface area contributed by atoms with Crippen LogP contribution in [0.2, 0.25) is 0 Å². The van der Waals surface area contributed by atoms with Gasteiger partial charge in [-0.15, -0.1) is 0 Å². The number of hydrogen-bond acceptors (Lipinski definition) is 4. The summed E-state index contributed by atoms with van der Waals surface area (Å²) in [5, 5.41) is 0. The Morgan fingerprint density at radius 3 is 2.38 bits per heavy atom. The monoisotopic (exact) mass is 398 g/mol. The van der Waals surface area contributed by atoms with E-state index in [0.29, 0.717) is 25.9 Å². The number of hydrogen-bond donors (Lipinski definition) is 0. The van der Waals surface area contributed by atoms with E-state index in [1.165, 1.54) is 0 Å². The zero-order valence-electron chi connectivity index (χ0n) is 17.0. The number of rotatable bonds is 4. The van der Waals surface area contributed by atoms with E-state index in [1.54, 1.807) is 17.3 Å². The molecule has 0 atom stereocenters. The lowest BCUT2D eigenvalue weighted by Crippen LogP contribution is -2.53. The van der Waals surface area contributed by atoms with E-state index in [0.717, 1.165) is 57.3 Å². The van der Waals surface area contributed by atoms with Gasteiger partial charge in [0.05, 0.1) is 6.54 Å². The van der Waals surface area contributed by atoms with Gasteiger partial charge in [0.25, 0.3) is 0 Å². The smallest absolute Gasteiger partial charge is 0.242 e. The molecule has 0 unspecified atom stereocenters. The van der Waals surface area contributed by atoms with Crippen LogP contribution in [0.5, 0.6) is 0 Å². The first-order chi connectivity index (χ1) is 14.0. The Bertz CT molecular complexity index is 759. The van der Waals surface area contributed by atoms with Gasteiger partial charge >= 0.3 is 0 Å². The summed E-state index contributed by atoms with van der Waals surface area (Å²) >= 11 is 0. The minimum absolute atomic E-state index is 0.0654. The summed E-state index contributed by atoms with van der Waals surface area (Å²) in [7, 11) is 0. The van der Waals surface area contributed by atoms with E-state index in [1.807, 2.05) is 21.9 Å². The highest BCUT2D eigenvalue weighted by molar-refractivity contribution is 5.85. The van der Waals surface area contributed by atoms with Crippen LogP contribution >= 0.6 is 0 Å². The number of pyridine rings is 1. The number of aromatic nitrogens is 1.